The van der Waals surface area contributed by atoms with Gasteiger partial charge in [0.25, 0.3) is 0 Å². The SMILES string of the molecule is CCCCC1N(CCCC)[SiH2]N1CCCC. The van der Waals surface area contributed by atoms with E-state index in [1.54, 1.807) is 0 Å². The lowest BCUT2D eigenvalue weighted by Crippen LogP contribution is -2.66. The van der Waals surface area contributed by atoms with Gasteiger partial charge in [-0.05, 0) is 32.4 Å². The Bertz CT molecular complexity index is 161. The maximum atomic E-state index is 2.81. The van der Waals surface area contributed by atoms with Gasteiger partial charge in [0, 0.05) is 0 Å². The number of nitrogens with zero attached hydrogens (tertiary/aromatic N) is 2. The largest absolute Gasteiger partial charge is 0.302 e. The van der Waals surface area contributed by atoms with Gasteiger partial charge >= 0.3 is 0 Å². The average Bonchev–Trinajstić information content (AvgIpc) is 2.28. The van der Waals surface area contributed by atoms with Crippen LogP contribution in [0.2, 0.25) is 0 Å². The van der Waals surface area contributed by atoms with Crippen LogP contribution in [0.25, 0.3) is 0 Å². The molecular formula is C13H30N2Si. The predicted molar refractivity (Wildman–Crippen MR) is 75.1 cm³/mol. The van der Waals surface area contributed by atoms with E-state index in [-0.39, 0.29) is 9.84 Å². The lowest BCUT2D eigenvalue weighted by atomic mass is 10.2. The van der Waals surface area contributed by atoms with Crippen LogP contribution in [0, 0.1) is 0 Å². The summed E-state index contributed by atoms with van der Waals surface area (Å²) in [5, 5.41) is 0. The van der Waals surface area contributed by atoms with Crippen molar-refractivity contribution < 1.29 is 0 Å². The van der Waals surface area contributed by atoms with Crippen molar-refractivity contribution in [1.82, 2.24) is 9.13 Å². The van der Waals surface area contributed by atoms with E-state index in [1.807, 2.05) is 0 Å². The Hall–Kier alpha value is 0.137. The first-order chi connectivity index (χ1) is 7.83. The third kappa shape index (κ3) is 4.19. The molecule has 0 spiro atoms. The molecule has 0 N–H and O–H groups in total. The quantitative estimate of drug-likeness (QED) is 0.574. The molecule has 0 aliphatic carbocycles. The van der Waals surface area contributed by atoms with Crippen molar-refractivity contribution in [3.05, 3.63) is 0 Å². The number of hydrogen-bond donors (Lipinski definition) is 0. The molecule has 1 fully saturated rings. The molecular weight excluding hydrogens is 212 g/mol. The van der Waals surface area contributed by atoms with E-state index in [1.165, 1.54) is 58.0 Å². The van der Waals surface area contributed by atoms with E-state index in [0.29, 0.717) is 0 Å². The van der Waals surface area contributed by atoms with Crippen molar-refractivity contribution in [2.75, 3.05) is 13.1 Å². The van der Waals surface area contributed by atoms with Crippen molar-refractivity contribution in [2.45, 2.75) is 71.9 Å². The van der Waals surface area contributed by atoms with Crippen molar-refractivity contribution in [1.29, 1.82) is 0 Å². The highest BCUT2D eigenvalue weighted by Gasteiger charge is 2.34. The van der Waals surface area contributed by atoms with Gasteiger partial charge in [0.1, 0.15) is 0 Å². The summed E-state index contributed by atoms with van der Waals surface area (Å²) >= 11 is 0. The molecule has 0 bridgehead atoms. The number of hydrogen-bond acceptors (Lipinski definition) is 2. The summed E-state index contributed by atoms with van der Waals surface area (Å²) in [5.41, 5.74) is 0. The molecule has 0 radical (unpaired) electrons. The Labute approximate surface area is 104 Å². The zero-order valence-electron chi connectivity index (χ0n) is 11.5. The van der Waals surface area contributed by atoms with E-state index in [9.17, 15) is 0 Å². The first kappa shape index (κ1) is 14.2. The van der Waals surface area contributed by atoms with Crippen LogP contribution in [0.15, 0.2) is 0 Å². The lowest BCUT2D eigenvalue weighted by Gasteiger charge is -2.51. The van der Waals surface area contributed by atoms with Crippen molar-refractivity contribution in [3.63, 3.8) is 0 Å². The van der Waals surface area contributed by atoms with E-state index < -0.39 is 0 Å². The molecule has 96 valence electrons. The summed E-state index contributed by atoms with van der Waals surface area (Å²) in [4.78, 5) is 0. The Morgan fingerprint density at radius 2 is 1.31 bits per heavy atom. The number of rotatable bonds is 9. The third-order valence-electron chi connectivity index (χ3n) is 3.62. The first-order valence-corrected chi connectivity index (χ1v) is 8.58. The molecule has 1 heterocycles. The van der Waals surface area contributed by atoms with Crippen LogP contribution in [0.5, 0.6) is 0 Å². The Balaban J connectivity index is 2.26. The van der Waals surface area contributed by atoms with Crippen LogP contribution in [-0.2, 0) is 0 Å². The highest BCUT2D eigenvalue weighted by Crippen LogP contribution is 2.22. The topological polar surface area (TPSA) is 6.48 Å². The molecule has 0 unspecified atom stereocenters. The zero-order chi connectivity index (χ0) is 11.8. The fourth-order valence-electron chi connectivity index (χ4n) is 2.47. The summed E-state index contributed by atoms with van der Waals surface area (Å²) in [6.45, 7) is 9.66. The van der Waals surface area contributed by atoms with Crippen LogP contribution >= 0.6 is 0 Å². The van der Waals surface area contributed by atoms with Gasteiger partial charge in [-0.25, -0.2) is 0 Å². The second kappa shape index (κ2) is 8.26. The molecule has 16 heavy (non-hydrogen) atoms. The molecule has 0 amide bonds. The number of unbranched alkanes of at least 4 members (excludes halogenated alkanes) is 3. The molecule has 1 aliphatic rings. The van der Waals surface area contributed by atoms with Crippen molar-refractivity contribution in [3.8, 4) is 0 Å². The van der Waals surface area contributed by atoms with Crippen LogP contribution in [-0.4, -0.2) is 38.2 Å². The Morgan fingerprint density at radius 1 is 0.812 bits per heavy atom. The van der Waals surface area contributed by atoms with Crippen LogP contribution < -0.4 is 0 Å². The van der Waals surface area contributed by atoms with Crippen molar-refractivity contribution in [2.24, 2.45) is 0 Å². The van der Waals surface area contributed by atoms with Gasteiger partial charge in [-0.15, -0.1) is 0 Å². The van der Waals surface area contributed by atoms with Gasteiger partial charge in [0.15, 0.2) is 9.84 Å². The molecule has 0 aromatic heterocycles. The van der Waals surface area contributed by atoms with E-state index in [2.05, 4.69) is 29.9 Å². The first-order valence-electron chi connectivity index (χ1n) is 7.31. The standard InChI is InChI=1S/C13H30N2Si/c1-4-7-10-13-14(11-8-5-2)16-15(13)12-9-6-3/h13H,4-12,16H2,1-3H3. The second-order valence-electron chi connectivity index (χ2n) is 5.10. The molecule has 0 atom stereocenters. The summed E-state index contributed by atoms with van der Waals surface area (Å²) < 4.78 is 5.63. The summed E-state index contributed by atoms with van der Waals surface area (Å²) in [6, 6.07) is 0. The van der Waals surface area contributed by atoms with Crippen LogP contribution in [0.3, 0.4) is 0 Å². The van der Waals surface area contributed by atoms with Gasteiger partial charge in [-0.1, -0.05) is 46.5 Å². The summed E-state index contributed by atoms with van der Waals surface area (Å²) in [7, 11) is -0.0164. The second-order valence-corrected chi connectivity index (χ2v) is 7.00. The minimum absolute atomic E-state index is 0.0164. The molecule has 0 saturated carbocycles. The normalized spacial score (nSPS) is 23.8. The fraction of sp³-hybridized carbons (Fsp3) is 1.00. The molecule has 0 aromatic rings. The molecule has 0 aromatic carbocycles. The third-order valence-corrected chi connectivity index (χ3v) is 5.82. The van der Waals surface area contributed by atoms with E-state index >= 15 is 0 Å². The summed E-state index contributed by atoms with van der Waals surface area (Å²) in [6.07, 6.45) is 10.5. The fourth-order valence-corrected chi connectivity index (χ4v) is 4.56. The molecule has 3 heteroatoms. The highest BCUT2D eigenvalue weighted by atomic mass is 28.2. The Morgan fingerprint density at radius 3 is 1.75 bits per heavy atom. The van der Waals surface area contributed by atoms with E-state index in [0.717, 1.165) is 6.17 Å². The minimum Gasteiger partial charge on any atom is -0.302 e. The average molecular weight is 242 g/mol. The van der Waals surface area contributed by atoms with Gasteiger partial charge in [0.05, 0.1) is 6.17 Å². The highest BCUT2D eigenvalue weighted by molar-refractivity contribution is 6.32. The maximum absolute atomic E-state index is 2.81. The molecule has 2 nitrogen and oxygen atoms in total. The smallest absolute Gasteiger partial charge is 0.175 e. The van der Waals surface area contributed by atoms with Gasteiger partial charge < -0.3 is 9.13 Å². The lowest BCUT2D eigenvalue weighted by molar-refractivity contribution is 0.0820. The van der Waals surface area contributed by atoms with Gasteiger partial charge in [-0.3, -0.25) is 0 Å². The summed E-state index contributed by atoms with van der Waals surface area (Å²) in [5.74, 6) is 0. The van der Waals surface area contributed by atoms with Gasteiger partial charge in [0.2, 0.25) is 0 Å². The van der Waals surface area contributed by atoms with E-state index in [4.69, 9.17) is 0 Å². The predicted octanol–water partition coefficient (Wildman–Crippen LogP) is 2.72. The maximum Gasteiger partial charge on any atom is 0.175 e. The van der Waals surface area contributed by atoms with Crippen LogP contribution in [0.1, 0.15) is 65.7 Å². The monoisotopic (exact) mass is 242 g/mol. The van der Waals surface area contributed by atoms with Gasteiger partial charge in [-0.2, -0.15) is 0 Å². The van der Waals surface area contributed by atoms with Crippen molar-refractivity contribution >= 4 is 9.84 Å². The Kier molecular flexibility index (Phi) is 7.33. The molecule has 1 aliphatic heterocycles. The van der Waals surface area contributed by atoms with Crippen LogP contribution in [0.4, 0.5) is 0 Å². The molecule has 1 saturated heterocycles. The zero-order valence-corrected chi connectivity index (χ0v) is 13.0. The molecule has 1 rings (SSSR count). The minimum atomic E-state index is -0.0164.